The number of benzene rings is 3. The topological polar surface area (TPSA) is 97.0 Å². The van der Waals surface area contributed by atoms with Crippen LogP contribution in [0.3, 0.4) is 0 Å². The maximum atomic E-state index is 13.1. The number of sulfonamides is 1. The first-order valence-corrected chi connectivity index (χ1v) is 14.4. The van der Waals surface area contributed by atoms with Gasteiger partial charge >= 0.3 is 0 Å². The molecule has 8 nitrogen and oxygen atoms in total. The first-order chi connectivity index (χ1) is 18.2. The van der Waals surface area contributed by atoms with Crippen LogP contribution in [0.2, 0.25) is 10.0 Å². The van der Waals surface area contributed by atoms with Crippen LogP contribution >= 0.6 is 23.2 Å². The number of morpholine rings is 1. The highest BCUT2D eigenvalue weighted by Gasteiger charge is 2.21. The Kier molecular flexibility index (Phi) is 9.51. The average molecular weight is 579 g/mol. The van der Waals surface area contributed by atoms with Crippen LogP contribution < -0.4 is 14.8 Å². The van der Waals surface area contributed by atoms with E-state index >= 15 is 0 Å². The summed E-state index contributed by atoms with van der Waals surface area (Å²) in [6.07, 6.45) is 0.746. The molecule has 1 heterocycles. The summed E-state index contributed by atoms with van der Waals surface area (Å²) in [6, 6.07) is 17.6. The van der Waals surface area contributed by atoms with Crippen molar-refractivity contribution in [3.05, 3.63) is 82.3 Å². The normalized spacial score (nSPS) is 15.0. The van der Waals surface area contributed by atoms with Crippen molar-refractivity contribution in [3.8, 4) is 11.5 Å². The first kappa shape index (κ1) is 28.2. The van der Waals surface area contributed by atoms with Gasteiger partial charge in [0.05, 0.1) is 34.4 Å². The molecular weight excluding hydrogens is 549 g/mol. The van der Waals surface area contributed by atoms with Gasteiger partial charge < -0.3 is 14.8 Å². The minimum absolute atomic E-state index is 0.00431. The number of rotatable bonds is 10. The highest BCUT2D eigenvalue weighted by atomic mass is 35.5. The van der Waals surface area contributed by atoms with Crippen molar-refractivity contribution in [2.75, 3.05) is 37.6 Å². The number of nitrogens with one attached hydrogen (secondary N) is 2. The van der Waals surface area contributed by atoms with E-state index in [2.05, 4.69) is 21.9 Å². The van der Waals surface area contributed by atoms with Crippen LogP contribution in [0.4, 0.5) is 5.69 Å². The summed E-state index contributed by atoms with van der Waals surface area (Å²) in [7, 11) is -4.00. The number of para-hydroxylation sites is 1. The Balaban J connectivity index is 1.41. The summed E-state index contributed by atoms with van der Waals surface area (Å²) in [5, 5.41) is 3.64. The van der Waals surface area contributed by atoms with Crippen molar-refractivity contribution >= 4 is 44.8 Å². The highest BCUT2D eigenvalue weighted by Crippen LogP contribution is 2.30. The Morgan fingerprint density at radius 2 is 1.76 bits per heavy atom. The van der Waals surface area contributed by atoms with Gasteiger partial charge in [-0.15, -0.1) is 0 Å². The molecule has 2 N–H and O–H groups in total. The quantitative estimate of drug-likeness (QED) is 0.333. The maximum Gasteiger partial charge on any atom is 0.261 e. The van der Waals surface area contributed by atoms with E-state index in [1.165, 1.54) is 42.5 Å². The Morgan fingerprint density at radius 1 is 1.05 bits per heavy atom. The van der Waals surface area contributed by atoms with Crippen LogP contribution in [0.15, 0.2) is 71.6 Å². The summed E-state index contributed by atoms with van der Waals surface area (Å²) < 4.78 is 39.8. The monoisotopic (exact) mass is 577 g/mol. The lowest BCUT2D eigenvalue weighted by atomic mass is 10.1. The van der Waals surface area contributed by atoms with Crippen LogP contribution in [-0.4, -0.2) is 58.1 Å². The second-order valence-electron chi connectivity index (χ2n) is 8.84. The molecule has 0 unspecified atom stereocenters. The molecule has 1 aliphatic rings. The van der Waals surface area contributed by atoms with Crippen molar-refractivity contribution in [2.24, 2.45) is 0 Å². The number of carbonyl (C=O) groups is 1. The molecule has 202 valence electrons. The van der Waals surface area contributed by atoms with Gasteiger partial charge in [0.2, 0.25) is 0 Å². The lowest BCUT2D eigenvalue weighted by Gasteiger charge is -2.32. The summed E-state index contributed by atoms with van der Waals surface area (Å²) in [6.45, 7) is 5.69. The molecular formula is C27H29Cl2N3O5S. The van der Waals surface area contributed by atoms with Crippen LogP contribution in [0.25, 0.3) is 0 Å². The SMILES string of the molecule is C[C@@H](CCNC(=O)c1cc(Cl)ccc1NS(=O)(=O)c1ccc(Oc2ccccc2Cl)cc1)N1CCOCC1. The molecule has 0 aromatic heterocycles. The summed E-state index contributed by atoms with van der Waals surface area (Å²) in [5.74, 6) is 0.469. The van der Waals surface area contributed by atoms with Gasteiger partial charge in [-0.25, -0.2) is 8.42 Å². The summed E-state index contributed by atoms with van der Waals surface area (Å²) in [4.78, 5) is 15.3. The third-order valence-electron chi connectivity index (χ3n) is 6.19. The van der Waals surface area contributed by atoms with Gasteiger partial charge in [0.1, 0.15) is 11.5 Å². The number of nitrogens with zero attached hydrogens (tertiary/aromatic N) is 1. The number of hydrogen-bond acceptors (Lipinski definition) is 6. The van der Waals surface area contributed by atoms with Gasteiger partial charge in [-0.1, -0.05) is 35.3 Å². The Labute approximate surface area is 232 Å². The number of anilines is 1. The number of halogens is 2. The molecule has 1 aliphatic heterocycles. The molecule has 38 heavy (non-hydrogen) atoms. The minimum Gasteiger partial charge on any atom is -0.456 e. The predicted octanol–water partition coefficient (Wildman–Crippen LogP) is 5.43. The Morgan fingerprint density at radius 3 is 2.47 bits per heavy atom. The van der Waals surface area contributed by atoms with Gasteiger partial charge in [-0.05, 0) is 67.9 Å². The molecule has 0 aliphatic carbocycles. The number of hydrogen-bond donors (Lipinski definition) is 2. The zero-order valence-electron chi connectivity index (χ0n) is 20.8. The zero-order chi connectivity index (χ0) is 27.1. The number of amides is 1. The van der Waals surface area contributed by atoms with Crippen LogP contribution in [0.1, 0.15) is 23.7 Å². The van der Waals surface area contributed by atoms with Crippen molar-refractivity contribution in [2.45, 2.75) is 24.3 Å². The molecule has 0 saturated carbocycles. The standard InChI is InChI=1S/C27H29Cl2N3O5S/c1-19(32-14-16-36-17-15-32)12-13-30-27(33)23-18-20(28)6-11-25(23)31-38(34,35)22-9-7-21(8-10-22)37-26-5-3-2-4-24(26)29/h2-11,18-19,31H,12-17H2,1H3,(H,30,33)/t19-/m0/s1. The number of ether oxygens (including phenoxy) is 2. The van der Waals surface area contributed by atoms with Crippen molar-refractivity contribution in [1.82, 2.24) is 10.2 Å². The van der Waals surface area contributed by atoms with Crippen molar-refractivity contribution < 1.29 is 22.7 Å². The van der Waals surface area contributed by atoms with Crippen molar-refractivity contribution in [3.63, 3.8) is 0 Å². The molecule has 3 aromatic rings. The van der Waals surface area contributed by atoms with Crippen LogP contribution in [0, 0.1) is 0 Å². The lowest BCUT2D eigenvalue weighted by Crippen LogP contribution is -2.43. The van der Waals surface area contributed by atoms with E-state index in [1.54, 1.807) is 24.3 Å². The summed E-state index contributed by atoms with van der Waals surface area (Å²) >= 11 is 12.3. The van der Waals surface area contributed by atoms with Crippen LogP contribution in [0.5, 0.6) is 11.5 Å². The fraction of sp³-hybridized carbons (Fsp3) is 0.296. The lowest BCUT2D eigenvalue weighted by molar-refractivity contribution is 0.0187. The molecule has 11 heteroatoms. The van der Waals surface area contributed by atoms with Gasteiger partial charge in [0, 0.05) is 30.7 Å². The van der Waals surface area contributed by atoms with Crippen molar-refractivity contribution in [1.29, 1.82) is 0 Å². The van der Waals surface area contributed by atoms with E-state index in [9.17, 15) is 13.2 Å². The van der Waals surface area contributed by atoms with E-state index in [0.717, 1.165) is 19.5 Å². The molecule has 0 radical (unpaired) electrons. The van der Waals surface area contributed by atoms with Gasteiger partial charge in [0.15, 0.2) is 0 Å². The molecule has 1 amide bonds. The molecule has 0 spiro atoms. The third kappa shape index (κ3) is 7.39. The average Bonchev–Trinajstić information content (AvgIpc) is 2.91. The van der Waals surface area contributed by atoms with Gasteiger partial charge in [0.25, 0.3) is 15.9 Å². The van der Waals surface area contributed by atoms with Gasteiger partial charge in [-0.2, -0.15) is 0 Å². The van der Waals surface area contributed by atoms with E-state index < -0.39 is 15.9 Å². The van der Waals surface area contributed by atoms with E-state index in [4.69, 9.17) is 32.7 Å². The molecule has 1 fully saturated rings. The van der Waals surface area contributed by atoms with E-state index in [-0.39, 0.29) is 22.2 Å². The Hall–Kier alpha value is -2.82. The molecule has 1 atom stereocenters. The second-order valence-corrected chi connectivity index (χ2v) is 11.4. The largest absolute Gasteiger partial charge is 0.456 e. The maximum absolute atomic E-state index is 13.1. The zero-order valence-corrected chi connectivity index (χ0v) is 23.2. The predicted molar refractivity (Wildman–Crippen MR) is 149 cm³/mol. The first-order valence-electron chi connectivity index (χ1n) is 12.2. The van der Waals surface area contributed by atoms with Crippen LogP contribution in [-0.2, 0) is 14.8 Å². The number of carbonyl (C=O) groups excluding carboxylic acids is 1. The molecule has 4 rings (SSSR count). The van der Waals surface area contributed by atoms with E-state index in [1.807, 2.05) is 0 Å². The minimum atomic E-state index is -4.00. The highest BCUT2D eigenvalue weighted by molar-refractivity contribution is 7.92. The molecule has 1 saturated heterocycles. The summed E-state index contributed by atoms with van der Waals surface area (Å²) in [5.41, 5.74) is 0.267. The smallest absolute Gasteiger partial charge is 0.261 e. The fourth-order valence-corrected chi connectivity index (χ4v) is 5.46. The fourth-order valence-electron chi connectivity index (χ4n) is 4.03. The van der Waals surface area contributed by atoms with E-state index in [0.29, 0.717) is 41.3 Å². The third-order valence-corrected chi connectivity index (χ3v) is 8.11. The second kappa shape index (κ2) is 12.8. The Bertz CT molecular complexity index is 1360. The van der Waals surface area contributed by atoms with Gasteiger partial charge in [-0.3, -0.25) is 14.4 Å². The molecule has 3 aromatic carbocycles. The molecule has 0 bridgehead atoms.